The number of carbonyl (C=O) groups is 1. The van der Waals surface area contributed by atoms with Gasteiger partial charge in [0.15, 0.2) is 11.5 Å². The molecular weight excluding hydrogens is 332 g/mol. The summed E-state index contributed by atoms with van der Waals surface area (Å²) < 4.78 is 1.44. The van der Waals surface area contributed by atoms with Crippen LogP contribution in [0.5, 0.6) is 0 Å². The van der Waals surface area contributed by atoms with Crippen LogP contribution in [-0.4, -0.2) is 74.8 Å². The Morgan fingerprint density at radius 2 is 2.08 bits per heavy atom. The van der Waals surface area contributed by atoms with E-state index in [-0.39, 0.29) is 5.91 Å². The Balaban J connectivity index is 1.26. The number of carbonyl (C=O) groups excluding carboxylic acids is 1. The first kappa shape index (κ1) is 17.1. The van der Waals surface area contributed by atoms with Crippen LogP contribution in [0.4, 0.5) is 5.82 Å². The van der Waals surface area contributed by atoms with E-state index in [0.717, 1.165) is 50.8 Å². The van der Waals surface area contributed by atoms with Gasteiger partial charge < -0.3 is 10.2 Å². The van der Waals surface area contributed by atoms with Gasteiger partial charge in [0.05, 0.1) is 6.54 Å². The van der Waals surface area contributed by atoms with E-state index in [9.17, 15) is 4.79 Å². The SMILES string of the molecule is CC1CCCC(NC(=O)CN2CCN(c3ccc4nnnn4n3)CC2)C1. The van der Waals surface area contributed by atoms with Gasteiger partial charge in [-0.2, -0.15) is 0 Å². The van der Waals surface area contributed by atoms with Crippen molar-refractivity contribution >= 4 is 17.4 Å². The van der Waals surface area contributed by atoms with E-state index in [4.69, 9.17) is 0 Å². The Bertz CT molecular complexity index is 754. The lowest BCUT2D eigenvalue weighted by atomic mass is 9.87. The molecule has 1 N–H and O–H groups in total. The van der Waals surface area contributed by atoms with Crippen molar-refractivity contribution in [2.45, 2.75) is 38.6 Å². The van der Waals surface area contributed by atoms with Crippen molar-refractivity contribution in [2.75, 3.05) is 37.6 Å². The molecule has 1 aliphatic carbocycles. The molecule has 2 aromatic heterocycles. The Morgan fingerprint density at radius 3 is 2.88 bits per heavy atom. The number of nitrogens with one attached hydrogen (secondary N) is 1. The lowest BCUT2D eigenvalue weighted by Crippen LogP contribution is -2.51. The zero-order valence-corrected chi connectivity index (χ0v) is 15.2. The standard InChI is InChI=1S/C17H26N8O/c1-13-3-2-4-14(11-13)18-17(26)12-23-7-9-24(10-8-23)16-6-5-15-19-21-22-25(15)20-16/h5-6,13-14H,2-4,7-12H2,1H3,(H,18,26). The number of hydrogen-bond acceptors (Lipinski definition) is 7. The zero-order chi connectivity index (χ0) is 17.9. The van der Waals surface area contributed by atoms with Crippen LogP contribution in [0.25, 0.3) is 5.65 Å². The number of anilines is 1. The van der Waals surface area contributed by atoms with Crippen LogP contribution in [0.3, 0.4) is 0 Å². The third kappa shape index (κ3) is 3.92. The molecule has 4 rings (SSSR count). The highest BCUT2D eigenvalue weighted by molar-refractivity contribution is 5.78. The molecule has 2 fully saturated rings. The van der Waals surface area contributed by atoms with Crippen molar-refractivity contribution in [3.8, 4) is 0 Å². The largest absolute Gasteiger partial charge is 0.353 e. The van der Waals surface area contributed by atoms with Crippen molar-refractivity contribution in [2.24, 2.45) is 5.92 Å². The summed E-state index contributed by atoms with van der Waals surface area (Å²) in [6, 6.07) is 4.17. The summed E-state index contributed by atoms with van der Waals surface area (Å²) in [5.41, 5.74) is 0.640. The van der Waals surface area contributed by atoms with Crippen molar-refractivity contribution in [1.29, 1.82) is 0 Å². The monoisotopic (exact) mass is 358 g/mol. The van der Waals surface area contributed by atoms with Gasteiger partial charge in [0.1, 0.15) is 0 Å². The van der Waals surface area contributed by atoms with Crippen LogP contribution in [0.2, 0.25) is 0 Å². The maximum absolute atomic E-state index is 12.4. The van der Waals surface area contributed by atoms with E-state index < -0.39 is 0 Å². The van der Waals surface area contributed by atoms with Gasteiger partial charge in [-0.05, 0) is 41.3 Å². The second kappa shape index (κ2) is 7.53. The molecule has 0 aromatic carbocycles. The summed E-state index contributed by atoms with van der Waals surface area (Å²) in [4.78, 5) is 16.8. The van der Waals surface area contributed by atoms with E-state index in [0.29, 0.717) is 18.2 Å². The van der Waals surface area contributed by atoms with Crippen LogP contribution in [0, 0.1) is 5.92 Å². The van der Waals surface area contributed by atoms with E-state index >= 15 is 0 Å². The summed E-state index contributed by atoms with van der Waals surface area (Å²) in [6.45, 7) is 6.15. The number of fused-ring (bicyclic) bond motifs is 1. The highest BCUT2D eigenvalue weighted by atomic mass is 16.2. The Labute approximate surface area is 152 Å². The van der Waals surface area contributed by atoms with E-state index in [1.54, 1.807) is 0 Å². The molecular formula is C17H26N8O. The summed E-state index contributed by atoms with van der Waals surface area (Å²) >= 11 is 0. The molecule has 1 saturated carbocycles. The predicted molar refractivity (Wildman–Crippen MR) is 96.8 cm³/mol. The molecule has 2 aromatic rings. The first-order valence-corrected chi connectivity index (χ1v) is 9.49. The van der Waals surface area contributed by atoms with Gasteiger partial charge in [0.2, 0.25) is 5.91 Å². The summed E-state index contributed by atoms with van der Waals surface area (Å²) in [5, 5.41) is 19.0. The van der Waals surface area contributed by atoms with Gasteiger partial charge in [-0.15, -0.1) is 14.8 Å². The lowest BCUT2D eigenvalue weighted by Gasteiger charge is -2.35. The van der Waals surface area contributed by atoms with Gasteiger partial charge in [-0.1, -0.05) is 19.8 Å². The molecule has 140 valence electrons. The predicted octanol–water partition coefficient (Wildman–Crippen LogP) is 0.336. The fraction of sp³-hybridized carbons (Fsp3) is 0.706. The van der Waals surface area contributed by atoms with Crippen molar-refractivity contribution in [3.05, 3.63) is 12.1 Å². The smallest absolute Gasteiger partial charge is 0.234 e. The average Bonchev–Trinajstić information content (AvgIpc) is 3.10. The van der Waals surface area contributed by atoms with Crippen molar-refractivity contribution < 1.29 is 4.79 Å². The van der Waals surface area contributed by atoms with E-state index in [1.165, 1.54) is 17.5 Å². The second-order valence-corrected chi connectivity index (χ2v) is 7.52. The first-order chi connectivity index (χ1) is 12.7. The molecule has 1 amide bonds. The first-order valence-electron chi connectivity index (χ1n) is 9.49. The van der Waals surface area contributed by atoms with E-state index in [1.807, 2.05) is 12.1 Å². The third-order valence-electron chi connectivity index (χ3n) is 5.42. The summed E-state index contributed by atoms with van der Waals surface area (Å²) in [5.74, 6) is 1.75. The van der Waals surface area contributed by atoms with Crippen LogP contribution in [0.15, 0.2) is 12.1 Å². The number of nitrogens with zero attached hydrogens (tertiary/aromatic N) is 7. The lowest BCUT2D eigenvalue weighted by molar-refractivity contribution is -0.123. The topological polar surface area (TPSA) is 91.5 Å². The van der Waals surface area contributed by atoms with Gasteiger partial charge in [0.25, 0.3) is 0 Å². The summed E-state index contributed by atoms with van der Waals surface area (Å²) in [7, 11) is 0. The molecule has 3 heterocycles. The third-order valence-corrected chi connectivity index (χ3v) is 5.42. The number of rotatable bonds is 4. The van der Waals surface area contributed by atoms with Crippen LogP contribution in [-0.2, 0) is 4.79 Å². The molecule has 2 aliphatic rings. The molecule has 2 atom stereocenters. The molecule has 9 nitrogen and oxygen atoms in total. The van der Waals surface area contributed by atoms with Crippen LogP contribution >= 0.6 is 0 Å². The molecule has 9 heteroatoms. The van der Waals surface area contributed by atoms with Gasteiger partial charge in [-0.25, -0.2) is 0 Å². The van der Waals surface area contributed by atoms with Crippen LogP contribution < -0.4 is 10.2 Å². The summed E-state index contributed by atoms with van der Waals surface area (Å²) in [6.07, 6.45) is 4.75. The molecule has 26 heavy (non-hydrogen) atoms. The number of hydrogen-bond donors (Lipinski definition) is 1. The molecule has 1 aliphatic heterocycles. The number of amides is 1. The quantitative estimate of drug-likeness (QED) is 0.842. The molecule has 0 radical (unpaired) electrons. The molecule has 1 saturated heterocycles. The highest BCUT2D eigenvalue weighted by Gasteiger charge is 2.23. The van der Waals surface area contributed by atoms with Crippen molar-refractivity contribution in [1.82, 2.24) is 35.5 Å². The Hall–Kier alpha value is -2.29. The maximum Gasteiger partial charge on any atom is 0.234 e. The Morgan fingerprint density at radius 1 is 1.23 bits per heavy atom. The average molecular weight is 358 g/mol. The van der Waals surface area contributed by atoms with E-state index in [2.05, 4.69) is 42.7 Å². The second-order valence-electron chi connectivity index (χ2n) is 7.52. The highest BCUT2D eigenvalue weighted by Crippen LogP contribution is 2.23. The number of aromatic nitrogens is 5. The fourth-order valence-electron chi connectivity index (χ4n) is 3.99. The fourth-order valence-corrected chi connectivity index (χ4v) is 3.99. The number of tetrazole rings is 1. The van der Waals surface area contributed by atoms with Gasteiger partial charge >= 0.3 is 0 Å². The Kier molecular flexibility index (Phi) is 4.96. The van der Waals surface area contributed by atoms with Crippen molar-refractivity contribution in [3.63, 3.8) is 0 Å². The zero-order valence-electron chi connectivity index (χ0n) is 15.2. The minimum Gasteiger partial charge on any atom is -0.353 e. The molecule has 2 unspecified atom stereocenters. The normalized spacial score (nSPS) is 24.7. The molecule has 0 spiro atoms. The van der Waals surface area contributed by atoms with Gasteiger partial charge in [-0.3, -0.25) is 9.69 Å². The minimum atomic E-state index is 0.158. The minimum absolute atomic E-state index is 0.158. The maximum atomic E-state index is 12.4. The number of piperazine rings is 1. The van der Waals surface area contributed by atoms with Crippen LogP contribution in [0.1, 0.15) is 32.6 Å². The van der Waals surface area contributed by atoms with Gasteiger partial charge in [0, 0.05) is 32.2 Å². The molecule has 0 bridgehead atoms.